The number of aromatic nitrogens is 3. The summed E-state index contributed by atoms with van der Waals surface area (Å²) in [5.41, 5.74) is 1.41. The molecule has 36 heavy (non-hydrogen) atoms. The van der Waals surface area contributed by atoms with Gasteiger partial charge in [-0.15, -0.1) is 0 Å². The van der Waals surface area contributed by atoms with E-state index in [1.165, 1.54) is 4.90 Å². The minimum Gasteiger partial charge on any atom is -0.466 e. The summed E-state index contributed by atoms with van der Waals surface area (Å²) in [6, 6.07) is 14.7. The summed E-state index contributed by atoms with van der Waals surface area (Å²) in [5.74, 6) is -1.10. The molecule has 1 amide bonds. The van der Waals surface area contributed by atoms with Crippen LogP contribution in [0.3, 0.4) is 0 Å². The van der Waals surface area contributed by atoms with Crippen LogP contribution < -0.4 is 11.2 Å². The molecule has 2 aromatic carbocycles. The van der Waals surface area contributed by atoms with E-state index in [-0.39, 0.29) is 24.1 Å². The van der Waals surface area contributed by atoms with Crippen LogP contribution in [0.15, 0.2) is 58.1 Å². The lowest BCUT2D eigenvalue weighted by Crippen LogP contribution is -2.48. The maximum atomic E-state index is 13.5. The number of piperidine rings is 1. The van der Waals surface area contributed by atoms with Crippen molar-refractivity contribution in [2.75, 3.05) is 19.7 Å². The van der Waals surface area contributed by atoms with Crippen molar-refractivity contribution in [1.82, 2.24) is 19.2 Å². The van der Waals surface area contributed by atoms with Crippen molar-refractivity contribution in [2.45, 2.75) is 40.2 Å². The van der Waals surface area contributed by atoms with Crippen molar-refractivity contribution in [1.29, 1.82) is 0 Å². The van der Waals surface area contributed by atoms with Gasteiger partial charge < -0.3 is 9.64 Å². The molecule has 1 aliphatic heterocycles. The normalized spacial score (nSPS) is 14.0. The minimum atomic E-state index is -0.734. The molecule has 0 N–H and O–H groups in total. The van der Waals surface area contributed by atoms with Crippen LogP contribution in [-0.4, -0.2) is 50.8 Å². The van der Waals surface area contributed by atoms with Crippen LogP contribution in [0, 0.1) is 19.8 Å². The molecule has 9 nitrogen and oxygen atoms in total. The summed E-state index contributed by atoms with van der Waals surface area (Å²) in [6.07, 6.45) is 0.888. The van der Waals surface area contributed by atoms with Gasteiger partial charge >= 0.3 is 11.7 Å². The fourth-order valence-corrected chi connectivity index (χ4v) is 4.52. The molecule has 0 aliphatic carbocycles. The van der Waals surface area contributed by atoms with Gasteiger partial charge in [0.25, 0.3) is 11.5 Å². The molecule has 0 atom stereocenters. The number of aryl methyl sites for hydroxylation is 2. The predicted molar refractivity (Wildman–Crippen MR) is 134 cm³/mol. The minimum absolute atomic E-state index is 0.0109. The van der Waals surface area contributed by atoms with Gasteiger partial charge in [0.1, 0.15) is 0 Å². The largest absolute Gasteiger partial charge is 0.466 e. The van der Waals surface area contributed by atoms with Crippen LogP contribution in [0.4, 0.5) is 0 Å². The number of likely N-dealkylation sites (tertiary alicyclic amines) is 1. The van der Waals surface area contributed by atoms with Gasteiger partial charge in [-0.3, -0.25) is 19.0 Å². The number of hydrogen-bond donors (Lipinski definition) is 0. The second-order valence-corrected chi connectivity index (χ2v) is 9.08. The van der Waals surface area contributed by atoms with E-state index < -0.39 is 17.2 Å². The molecule has 3 aromatic rings. The van der Waals surface area contributed by atoms with Crippen molar-refractivity contribution in [3.8, 4) is 5.69 Å². The number of hydrogen-bond acceptors (Lipinski definition) is 6. The molecular formula is C27H30N4O5. The molecule has 1 fully saturated rings. The first-order valence-electron chi connectivity index (χ1n) is 12.1. The number of amides is 1. The van der Waals surface area contributed by atoms with Gasteiger partial charge in [0.05, 0.1) is 24.8 Å². The van der Waals surface area contributed by atoms with Crippen LogP contribution in [-0.2, 0) is 16.1 Å². The maximum absolute atomic E-state index is 13.5. The smallest absolute Gasteiger partial charge is 0.352 e. The Labute approximate surface area is 208 Å². The second kappa shape index (κ2) is 10.7. The summed E-state index contributed by atoms with van der Waals surface area (Å²) in [4.78, 5) is 53.9. The number of ether oxygens (including phenoxy) is 1. The second-order valence-electron chi connectivity index (χ2n) is 9.08. The zero-order valence-corrected chi connectivity index (χ0v) is 20.8. The average Bonchev–Trinajstić information content (AvgIpc) is 2.86. The number of carbonyl (C=O) groups excluding carboxylic acids is 2. The Hall–Kier alpha value is -4.01. The Balaban J connectivity index is 1.75. The third-order valence-electron chi connectivity index (χ3n) is 6.30. The molecule has 1 saturated heterocycles. The first kappa shape index (κ1) is 25.1. The zero-order chi connectivity index (χ0) is 25.8. The number of benzene rings is 2. The molecule has 4 rings (SSSR count). The Morgan fingerprint density at radius 3 is 2.25 bits per heavy atom. The van der Waals surface area contributed by atoms with E-state index in [0.29, 0.717) is 38.2 Å². The van der Waals surface area contributed by atoms with Gasteiger partial charge in [0, 0.05) is 13.1 Å². The molecule has 9 heteroatoms. The van der Waals surface area contributed by atoms with Crippen LogP contribution >= 0.6 is 0 Å². The first-order valence-corrected chi connectivity index (χ1v) is 12.1. The number of carbonyl (C=O) groups is 2. The average molecular weight is 491 g/mol. The number of nitrogens with zero attached hydrogens (tertiary/aromatic N) is 4. The van der Waals surface area contributed by atoms with Gasteiger partial charge in [-0.05, 0) is 62.4 Å². The van der Waals surface area contributed by atoms with Crippen LogP contribution in [0.25, 0.3) is 5.69 Å². The van der Waals surface area contributed by atoms with E-state index in [1.807, 2.05) is 50.2 Å². The summed E-state index contributed by atoms with van der Waals surface area (Å²) in [7, 11) is 0. The first-order chi connectivity index (χ1) is 17.3. The van der Waals surface area contributed by atoms with Crippen LogP contribution in [0.1, 0.15) is 46.9 Å². The van der Waals surface area contributed by atoms with E-state index in [2.05, 4.69) is 5.10 Å². The standard InChI is InChI=1S/C27H30N4O5/c1-4-36-26(34)21-10-12-29(13-11-21)24(32)23-25(33)30(17-20-8-6-5-7-9-20)27(35)31(28-23)22-15-18(2)14-19(3)16-22/h5-9,14-16,21H,4,10-13,17H2,1-3H3. The maximum Gasteiger partial charge on any atom is 0.352 e. The molecule has 0 saturated carbocycles. The lowest BCUT2D eigenvalue weighted by molar-refractivity contribution is -0.149. The van der Waals surface area contributed by atoms with Crippen molar-refractivity contribution in [3.63, 3.8) is 0 Å². The SMILES string of the molecule is CCOC(=O)C1CCN(C(=O)c2nn(-c3cc(C)cc(C)c3)c(=O)n(Cc3ccccc3)c2=O)CC1. The summed E-state index contributed by atoms with van der Waals surface area (Å²) >= 11 is 0. The lowest BCUT2D eigenvalue weighted by Gasteiger charge is -2.30. The van der Waals surface area contributed by atoms with Gasteiger partial charge in [-0.1, -0.05) is 36.4 Å². The fourth-order valence-electron chi connectivity index (χ4n) is 4.52. The molecule has 0 unspecified atom stereocenters. The Morgan fingerprint density at radius 1 is 1.00 bits per heavy atom. The van der Waals surface area contributed by atoms with Gasteiger partial charge in [0.2, 0.25) is 5.69 Å². The van der Waals surface area contributed by atoms with E-state index in [9.17, 15) is 19.2 Å². The highest BCUT2D eigenvalue weighted by Gasteiger charge is 2.31. The third kappa shape index (κ3) is 5.30. The molecule has 2 heterocycles. The van der Waals surface area contributed by atoms with E-state index in [1.54, 1.807) is 19.1 Å². The summed E-state index contributed by atoms with van der Waals surface area (Å²) < 4.78 is 7.29. The number of rotatable bonds is 6. The van der Waals surface area contributed by atoms with Crippen molar-refractivity contribution >= 4 is 11.9 Å². The third-order valence-corrected chi connectivity index (χ3v) is 6.30. The van der Waals surface area contributed by atoms with Crippen molar-refractivity contribution in [2.24, 2.45) is 5.92 Å². The molecule has 1 aromatic heterocycles. The van der Waals surface area contributed by atoms with E-state index >= 15 is 0 Å². The van der Waals surface area contributed by atoms with Crippen molar-refractivity contribution in [3.05, 3.63) is 91.8 Å². The molecule has 188 valence electrons. The molecule has 0 spiro atoms. The van der Waals surface area contributed by atoms with Gasteiger partial charge in [-0.2, -0.15) is 9.78 Å². The quantitative estimate of drug-likeness (QED) is 0.492. The summed E-state index contributed by atoms with van der Waals surface area (Å²) in [5, 5.41) is 4.27. The topological polar surface area (TPSA) is 104 Å². The van der Waals surface area contributed by atoms with E-state index in [4.69, 9.17) is 4.74 Å². The van der Waals surface area contributed by atoms with Crippen LogP contribution in [0.5, 0.6) is 0 Å². The fraction of sp³-hybridized carbons (Fsp3) is 0.370. The lowest BCUT2D eigenvalue weighted by atomic mass is 9.97. The van der Waals surface area contributed by atoms with Gasteiger partial charge in [-0.25, -0.2) is 4.79 Å². The zero-order valence-electron chi connectivity index (χ0n) is 20.8. The van der Waals surface area contributed by atoms with Crippen LogP contribution in [0.2, 0.25) is 0 Å². The molecule has 0 radical (unpaired) electrons. The van der Waals surface area contributed by atoms with Gasteiger partial charge in [0.15, 0.2) is 0 Å². The Kier molecular flexibility index (Phi) is 7.47. The molecule has 1 aliphatic rings. The number of esters is 1. The Morgan fingerprint density at radius 2 is 1.64 bits per heavy atom. The molecular weight excluding hydrogens is 460 g/mol. The highest BCUT2D eigenvalue weighted by molar-refractivity contribution is 5.92. The highest BCUT2D eigenvalue weighted by Crippen LogP contribution is 2.20. The van der Waals surface area contributed by atoms with E-state index in [0.717, 1.165) is 25.9 Å². The molecule has 0 bridgehead atoms. The highest BCUT2D eigenvalue weighted by atomic mass is 16.5. The predicted octanol–water partition coefficient (Wildman–Crippen LogP) is 2.47. The summed E-state index contributed by atoms with van der Waals surface area (Å²) in [6.45, 7) is 6.48. The monoisotopic (exact) mass is 490 g/mol. The Bertz CT molecular complexity index is 1370. The van der Waals surface area contributed by atoms with Crippen molar-refractivity contribution < 1.29 is 14.3 Å².